The maximum Gasteiger partial charge on any atom is 0.418 e. The molecule has 1 aromatic carbocycles. The Kier molecular flexibility index (Phi) is 3.76. The van der Waals surface area contributed by atoms with Gasteiger partial charge in [-0.05, 0) is 44.5 Å². The number of rotatable bonds is 2. The Bertz CT molecular complexity index is 732. The molecule has 4 nitrogen and oxygen atoms in total. The SMILES string of the molecule is CN1CCCC(Cn2c(=O)[nH]c3cccc(C(F)(F)F)c32)C1. The summed E-state index contributed by atoms with van der Waals surface area (Å²) in [6, 6.07) is 3.86. The third kappa shape index (κ3) is 2.77. The Morgan fingerprint density at radius 1 is 1.36 bits per heavy atom. The lowest BCUT2D eigenvalue weighted by atomic mass is 9.98. The van der Waals surface area contributed by atoms with Gasteiger partial charge in [0.05, 0.1) is 16.6 Å². The van der Waals surface area contributed by atoms with Crippen molar-refractivity contribution in [2.45, 2.75) is 25.6 Å². The van der Waals surface area contributed by atoms with Gasteiger partial charge in [-0.2, -0.15) is 13.2 Å². The Balaban J connectivity index is 2.05. The van der Waals surface area contributed by atoms with Gasteiger partial charge in [0.25, 0.3) is 0 Å². The summed E-state index contributed by atoms with van der Waals surface area (Å²) in [6.45, 7) is 2.11. The lowest BCUT2D eigenvalue weighted by Crippen LogP contribution is -2.35. The molecule has 1 aromatic heterocycles. The minimum atomic E-state index is -4.47. The molecule has 1 atom stereocenters. The van der Waals surface area contributed by atoms with Crippen LogP contribution in [0.1, 0.15) is 18.4 Å². The molecule has 0 amide bonds. The Hall–Kier alpha value is -1.76. The van der Waals surface area contributed by atoms with Gasteiger partial charge in [0.2, 0.25) is 0 Å². The zero-order valence-electron chi connectivity index (χ0n) is 12.3. The predicted octanol–water partition coefficient (Wildman–Crippen LogP) is 2.69. The molecule has 3 rings (SSSR count). The predicted molar refractivity (Wildman–Crippen MR) is 77.8 cm³/mol. The summed E-state index contributed by atoms with van der Waals surface area (Å²) in [5.74, 6) is 0.191. The molecule has 22 heavy (non-hydrogen) atoms. The fraction of sp³-hybridized carbons (Fsp3) is 0.533. The molecule has 0 radical (unpaired) electrons. The number of halogens is 3. The number of imidazole rings is 1. The van der Waals surface area contributed by atoms with Crippen LogP contribution >= 0.6 is 0 Å². The highest BCUT2D eigenvalue weighted by molar-refractivity contribution is 5.79. The van der Waals surface area contributed by atoms with E-state index in [2.05, 4.69) is 9.88 Å². The summed E-state index contributed by atoms with van der Waals surface area (Å²) in [6.07, 6.45) is -2.54. The molecule has 1 N–H and O–H groups in total. The van der Waals surface area contributed by atoms with Crippen LogP contribution < -0.4 is 5.69 Å². The van der Waals surface area contributed by atoms with E-state index in [0.29, 0.717) is 6.54 Å². The van der Waals surface area contributed by atoms with Crippen molar-refractivity contribution in [2.24, 2.45) is 5.92 Å². The lowest BCUT2D eigenvalue weighted by molar-refractivity contribution is -0.136. The second-order valence-electron chi connectivity index (χ2n) is 6.01. The van der Waals surface area contributed by atoms with Gasteiger partial charge in [0.15, 0.2) is 0 Å². The summed E-state index contributed by atoms with van der Waals surface area (Å²) >= 11 is 0. The molecular weight excluding hydrogens is 295 g/mol. The molecule has 0 aliphatic carbocycles. The molecule has 7 heteroatoms. The number of alkyl halides is 3. The topological polar surface area (TPSA) is 41.0 Å². The van der Waals surface area contributed by atoms with Crippen LogP contribution in [0.4, 0.5) is 13.2 Å². The minimum absolute atomic E-state index is 0.0340. The first kappa shape index (κ1) is 15.1. The number of likely N-dealkylation sites (tertiary alicyclic amines) is 1. The minimum Gasteiger partial charge on any atom is -0.306 e. The van der Waals surface area contributed by atoms with Crippen molar-refractivity contribution in [3.05, 3.63) is 34.2 Å². The van der Waals surface area contributed by atoms with Crippen LogP contribution in [0.2, 0.25) is 0 Å². The van der Waals surface area contributed by atoms with E-state index in [1.165, 1.54) is 16.7 Å². The van der Waals surface area contributed by atoms with Crippen molar-refractivity contribution < 1.29 is 13.2 Å². The zero-order valence-corrected chi connectivity index (χ0v) is 12.3. The van der Waals surface area contributed by atoms with Gasteiger partial charge in [0.1, 0.15) is 0 Å². The van der Waals surface area contributed by atoms with Crippen molar-refractivity contribution in [3.63, 3.8) is 0 Å². The Morgan fingerprint density at radius 2 is 2.14 bits per heavy atom. The molecular formula is C15H18F3N3O. The average Bonchev–Trinajstić information content (AvgIpc) is 2.74. The van der Waals surface area contributed by atoms with Crippen LogP contribution in [0.15, 0.2) is 23.0 Å². The van der Waals surface area contributed by atoms with Crippen LogP contribution in [0.3, 0.4) is 0 Å². The molecule has 1 fully saturated rings. The summed E-state index contributed by atoms with van der Waals surface area (Å²) in [4.78, 5) is 16.8. The summed E-state index contributed by atoms with van der Waals surface area (Å²) in [5.41, 5.74) is -1.02. The molecule has 1 aliphatic heterocycles. The normalized spacial score (nSPS) is 20.6. The van der Waals surface area contributed by atoms with Crippen LogP contribution in [0.5, 0.6) is 0 Å². The first-order chi connectivity index (χ1) is 10.4. The third-order valence-electron chi connectivity index (χ3n) is 4.26. The molecule has 1 saturated heterocycles. The standard InChI is InChI=1S/C15H18F3N3O/c1-20-7-3-4-10(8-20)9-21-13-11(15(16,17)18)5-2-6-12(13)19-14(21)22/h2,5-6,10H,3-4,7-9H2,1H3,(H,19,22). The van der Waals surface area contributed by atoms with E-state index in [1.807, 2.05) is 7.05 Å². The number of hydrogen-bond donors (Lipinski definition) is 1. The van der Waals surface area contributed by atoms with Crippen LogP contribution in [-0.2, 0) is 12.7 Å². The highest BCUT2D eigenvalue weighted by Crippen LogP contribution is 2.34. The van der Waals surface area contributed by atoms with Crippen molar-refractivity contribution >= 4 is 11.0 Å². The van der Waals surface area contributed by atoms with E-state index in [-0.39, 0.29) is 17.0 Å². The van der Waals surface area contributed by atoms with Gasteiger partial charge in [0, 0.05) is 13.1 Å². The number of nitrogens with one attached hydrogen (secondary N) is 1. The largest absolute Gasteiger partial charge is 0.418 e. The van der Waals surface area contributed by atoms with Gasteiger partial charge < -0.3 is 9.88 Å². The van der Waals surface area contributed by atoms with E-state index in [9.17, 15) is 18.0 Å². The quantitative estimate of drug-likeness (QED) is 0.926. The fourth-order valence-corrected chi connectivity index (χ4v) is 3.30. The molecule has 0 spiro atoms. The monoisotopic (exact) mass is 313 g/mol. The molecule has 120 valence electrons. The molecule has 2 aromatic rings. The van der Waals surface area contributed by atoms with Crippen molar-refractivity contribution in [1.29, 1.82) is 0 Å². The number of benzene rings is 1. The highest BCUT2D eigenvalue weighted by atomic mass is 19.4. The maximum absolute atomic E-state index is 13.2. The van der Waals surface area contributed by atoms with Gasteiger partial charge in [-0.3, -0.25) is 4.57 Å². The Labute approximate surface area is 125 Å². The molecule has 2 heterocycles. The number of nitrogens with zero attached hydrogens (tertiary/aromatic N) is 2. The fourth-order valence-electron chi connectivity index (χ4n) is 3.30. The smallest absolute Gasteiger partial charge is 0.306 e. The van der Waals surface area contributed by atoms with E-state index in [1.54, 1.807) is 0 Å². The van der Waals surface area contributed by atoms with Crippen molar-refractivity contribution in [3.8, 4) is 0 Å². The Morgan fingerprint density at radius 3 is 2.82 bits per heavy atom. The van der Waals surface area contributed by atoms with Gasteiger partial charge >= 0.3 is 11.9 Å². The number of para-hydroxylation sites is 1. The molecule has 1 unspecified atom stereocenters. The van der Waals surface area contributed by atoms with Crippen molar-refractivity contribution in [1.82, 2.24) is 14.5 Å². The molecule has 0 saturated carbocycles. The van der Waals surface area contributed by atoms with Crippen LogP contribution in [0, 0.1) is 5.92 Å². The van der Waals surface area contributed by atoms with E-state index >= 15 is 0 Å². The summed E-state index contributed by atoms with van der Waals surface area (Å²) in [5, 5.41) is 0. The van der Waals surface area contributed by atoms with Gasteiger partial charge in [-0.15, -0.1) is 0 Å². The second kappa shape index (κ2) is 5.46. The van der Waals surface area contributed by atoms with E-state index in [0.717, 1.165) is 32.0 Å². The number of aromatic nitrogens is 2. The first-order valence-corrected chi connectivity index (χ1v) is 7.33. The zero-order chi connectivity index (χ0) is 15.9. The highest BCUT2D eigenvalue weighted by Gasteiger charge is 2.34. The molecule has 0 bridgehead atoms. The first-order valence-electron chi connectivity index (χ1n) is 7.33. The van der Waals surface area contributed by atoms with Crippen molar-refractivity contribution in [2.75, 3.05) is 20.1 Å². The third-order valence-corrected chi connectivity index (χ3v) is 4.26. The van der Waals surface area contributed by atoms with E-state index < -0.39 is 17.4 Å². The molecule has 1 aliphatic rings. The number of aromatic amines is 1. The van der Waals surface area contributed by atoms with Gasteiger partial charge in [-0.1, -0.05) is 6.07 Å². The van der Waals surface area contributed by atoms with Crippen LogP contribution in [-0.4, -0.2) is 34.6 Å². The summed E-state index contributed by atoms with van der Waals surface area (Å²) in [7, 11) is 1.99. The van der Waals surface area contributed by atoms with Crippen LogP contribution in [0.25, 0.3) is 11.0 Å². The van der Waals surface area contributed by atoms with Gasteiger partial charge in [-0.25, -0.2) is 4.79 Å². The lowest BCUT2D eigenvalue weighted by Gasteiger charge is -2.29. The number of piperidine rings is 1. The second-order valence-corrected chi connectivity index (χ2v) is 6.01. The summed E-state index contributed by atoms with van der Waals surface area (Å²) < 4.78 is 40.9. The number of hydrogen-bond acceptors (Lipinski definition) is 2. The number of fused-ring (bicyclic) bond motifs is 1. The van der Waals surface area contributed by atoms with E-state index in [4.69, 9.17) is 0 Å². The number of H-pyrrole nitrogens is 1. The average molecular weight is 313 g/mol. The maximum atomic E-state index is 13.2.